The zero-order chi connectivity index (χ0) is 15.9. The molecule has 3 rings (SSSR count). The third kappa shape index (κ3) is 2.18. The van der Waals surface area contributed by atoms with Gasteiger partial charge in [-0.05, 0) is 51.7 Å². The number of rotatable bonds is 4. The SMILES string of the molecule is CCOC(=O)[C@@]1(CC)C[C@H]2CC[C@@H]1N2C(=O)c1ccc(C)s1. The van der Waals surface area contributed by atoms with Gasteiger partial charge in [0, 0.05) is 17.0 Å². The standard InChI is InChI=1S/C17H23NO3S/c1-4-17(16(20)21-5-2)10-12-7-9-14(17)18(12)15(19)13-8-6-11(3)22-13/h6,8,12,14H,4-5,7,9-10H2,1-3H3/t12-,14+,17+/m1/s1. The zero-order valence-corrected chi connectivity index (χ0v) is 14.2. The number of hydrogen-bond acceptors (Lipinski definition) is 4. The quantitative estimate of drug-likeness (QED) is 0.799. The van der Waals surface area contributed by atoms with Crippen LogP contribution >= 0.6 is 11.3 Å². The van der Waals surface area contributed by atoms with E-state index in [2.05, 4.69) is 0 Å². The number of carbonyl (C=O) groups excluding carboxylic acids is 2. The zero-order valence-electron chi connectivity index (χ0n) is 13.4. The van der Waals surface area contributed by atoms with Crippen molar-refractivity contribution in [2.45, 2.75) is 58.5 Å². The first-order valence-electron chi connectivity index (χ1n) is 8.09. The highest BCUT2D eigenvalue weighted by molar-refractivity contribution is 7.13. The van der Waals surface area contributed by atoms with E-state index in [-0.39, 0.29) is 24.0 Å². The number of nitrogens with zero attached hydrogens (tertiary/aromatic N) is 1. The smallest absolute Gasteiger partial charge is 0.314 e. The van der Waals surface area contributed by atoms with E-state index in [0.717, 1.165) is 35.4 Å². The highest BCUT2D eigenvalue weighted by Gasteiger charge is 2.61. The van der Waals surface area contributed by atoms with E-state index in [1.54, 1.807) is 0 Å². The van der Waals surface area contributed by atoms with Gasteiger partial charge < -0.3 is 9.64 Å². The van der Waals surface area contributed by atoms with Gasteiger partial charge >= 0.3 is 5.97 Å². The minimum Gasteiger partial charge on any atom is -0.466 e. The molecule has 1 amide bonds. The molecule has 0 unspecified atom stereocenters. The van der Waals surface area contributed by atoms with Gasteiger partial charge in [0.25, 0.3) is 5.91 Å². The number of amides is 1. The van der Waals surface area contributed by atoms with Crippen molar-refractivity contribution in [3.63, 3.8) is 0 Å². The summed E-state index contributed by atoms with van der Waals surface area (Å²) in [5.74, 6) is -0.0323. The molecule has 2 fully saturated rings. The molecule has 2 aliphatic heterocycles. The Morgan fingerprint density at radius 2 is 2.14 bits per heavy atom. The number of carbonyl (C=O) groups is 2. The second kappa shape index (κ2) is 5.69. The molecule has 0 aromatic carbocycles. The second-order valence-corrected chi connectivity index (χ2v) is 7.59. The summed E-state index contributed by atoms with van der Waals surface area (Å²) in [7, 11) is 0. The van der Waals surface area contributed by atoms with Gasteiger partial charge in [-0.25, -0.2) is 0 Å². The van der Waals surface area contributed by atoms with Gasteiger partial charge in [0.1, 0.15) is 0 Å². The van der Waals surface area contributed by atoms with Crippen molar-refractivity contribution in [1.29, 1.82) is 0 Å². The van der Waals surface area contributed by atoms with Crippen molar-refractivity contribution in [3.05, 3.63) is 21.9 Å². The van der Waals surface area contributed by atoms with Crippen LogP contribution in [-0.4, -0.2) is 35.5 Å². The fraction of sp³-hybridized carbons (Fsp3) is 0.647. The van der Waals surface area contributed by atoms with Crippen molar-refractivity contribution >= 4 is 23.2 Å². The molecule has 120 valence electrons. The molecule has 1 aromatic heterocycles. The van der Waals surface area contributed by atoms with Crippen LogP contribution in [0.5, 0.6) is 0 Å². The van der Waals surface area contributed by atoms with Crippen molar-refractivity contribution in [3.8, 4) is 0 Å². The van der Waals surface area contributed by atoms with Crippen molar-refractivity contribution in [2.75, 3.05) is 6.61 Å². The van der Waals surface area contributed by atoms with Crippen LogP contribution in [0.15, 0.2) is 12.1 Å². The van der Waals surface area contributed by atoms with Crippen LogP contribution in [0.3, 0.4) is 0 Å². The van der Waals surface area contributed by atoms with Crippen LogP contribution in [-0.2, 0) is 9.53 Å². The Morgan fingerprint density at radius 1 is 1.36 bits per heavy atom. The number of thiophene rings is 1. The van der Waals surface area contributed by atoms with E-state index in [1.165, 1.54) is 11.3 Å². The van der Waals surface area contributed by atoms with Gasteiger partial charge in [-0.1, -0.05) is 6.92 Å². The topological polar surface area (TPSA) is 46.6 Å². The van der Waals surface area contributed by atoms with Gasteiger partial charge in [0.05, 0.1) is 16.9 Å². The van der Waals surface area contributed by atoms with Crippen molar-refractivity contribution in [1.82, 2.24) is 4.90 Å². The van der Waals surface area contributed by atoms with Gasteiger partial charge in [-0.15, -0.1) is 11.3 Å². The first-order chi connectivity index (χ1) is 10.5. The minimum absolute atomic E-state index is 0.00328. The van der Waals surface area contributed by atoms with E-state index in [0.29, 0.717) is 6.61 Å². The first kappa shape index (κ1) is 15.5. The van der Waals surface area contributed by atoms with E-state index < -0.39 is 5.41 Å². The molecule has 2 saturated heterocycles. The van der Waals surface area contributed by atoms with Gasteiger partial charge in [-0.3, -0.25) is 9.59 Å². The Hall–Kier alpha value is -1.36. The number of esters is 1. The number of aryl methyl sites for hydroxylation is 1. The number of ether oxygens (including phenoxy) is 1. The lowest BCUT2D eigenvalue weighted by Crippen LogP contribution is -2.45. The Bertz CT molecular complexity index is 596. The number of hydrogen-bond donors (Lipinski definition) is 0. The lowest BCUT2D eigenvalue weighted by Gasteiger charge is -2.34. The van der Waals surface area contributed by atoms with Gasteiger partial charge in [0.2, 0.25) is 0 Å². The molecular formula is C17H23NO3S. The molecular weight excluding hydrogens is 298 g/mol. The maximum absolute atomic E-state index is 12.9. The van der Waals surface area contributed by atoms with Crippen molar-refractivity contribution in [2.24, 2.45) is 5.41 Å². The molecule has 0 radical (unpaired) electrons. The predicted molar refractivity (Wildman–Crippen MR) is 86.0 cm³/mol. The van der Waals surface area contributed by atoms with E-state index >= 15 is 0 Å². The molecule has 3 atom stereocenters. The van der Waals surface area contributed by atoms with Crippen LogP contribution < -0.4 is 0 Å². The van der Waals surface area contributed by atoms with Crippen LogP contribution in [0.1, 0.15) is 54.1 Å². The Kier molecular flexibility index (Phi) is 4.02. The molecule has 3 heterocycles. The normalized spacial score (nSPS) is 29.9. The molecule has 22 heavy (non-hydrogen) atoms. The molecule has 2 bridgehead atoms. The second-order valence-electron chi connectivity index (χ2n) is 6.30. The molecule has 2 aliphatic rings. The maximum atomic E-state index is 12.9. The summed E-state index contributed by atoms with van der Waals surface area (Å²) in [6.07, 6.45) is 3.40. The lowest BCUT2D eigenvalue weighted by molar-refractivity contribution is -0.157. The third-order valence-electron chi connectivity index (χ3n) is 5.24. The molecule has 0 N–H and O–H groups in total. The monoisotopic (exact) mass is 321 g/mol. The molecule has 4 nitrogen and oxygen atoms in total. The Balaban J connectivity index is 1.89. The summed E-state index contributed by atoms with van der Waals surface area (Å²) in [4.78, 5) is 29.3. The van der Waals surface area contributed by atoms with Crippen molar-refractivity contribution < 1.29 is 14.3 Å². The fourth-order valence-corrected chi connectivity index (χ4v) is 5.00. The highest BCUT2D eigenvalue weighted by Crippen LogP contribution is 2.53. The van der Waals surface area contributed by atoms with E-state index in [9.17, 15) is 9.59 Å². The first-order valence-corrected chi connectivity index (χ1v) is 8.91. The molecule has 0 aliphatic carbocycles. The average Bonchev–Trinajstić information content (AvgIpc) is 3.19. The number of fused-ring (bicyclic) bond motifs is 2. The Labute approximate surface area is 135 Å². The summed E-state index contributed by atoms with van der Waals surface area (Å²) >= 11 is 1.53. The maximum Gasteiger partial charge on any atom is 0.314 e. The third-order valence-corrected chi connectivity index (χ3v) is 6.23. The lowest BCUT2D eigenvalue weighted by atomic mass is 9.72. The van der Waals surface area contributed by atoms with E-state index in [1.807, 2.05) is 37.8 Å². The molecule has 5 heteroatoms. The molecule has 0 saturated carbocycles. The van der Waals surface area contributed by atoms with Gasteiger partial charge in [0.15, 0.2) is 0 Å². The van der Waals surface area contributed by atoms with Gasteiger partial charge in [-0.2, -0.15) is 0 Å². The minimum atomic E-state index is -0.499. The average molecular weight is 321 g/mol. The van der Waals surface area contributed by atoms with Crippen LogP contribution in [0, 0.1) is 12.3 Å². The summed E-state index contributed by atoms with van der Waals surface area (Å²) in [6.45, 7) is 6.28. The molecule has 1 aromatic rings. The summed E-state index contributed by atoms with van der Waals surface area (Å²) in [5.41, 5.74) is -0.499. The fourth-order valence-electron chi connectivity index (χ4n) is 4.18. The molecule has 0 spiro atoms. The Morgan fingerprint density at radius 3 is 2.73 bits per heavy atom. The largest absolute Gasteiger partial charge is 0.466 e. The van der Waals surface area contributed by atoms with E-state index in [4.69, 9.17) is 4.74 Å². The highest BCUT2D eigenvalue weighted by atomic mass is 32.1. The predicted octanol–water partition coefficient (Wildman–Crippen LogP) is 3.39. The summed E-state index contributed by atoms with van der Waals surface area (Å²) in [5, 5.41) is 0. The van der Waals surface area contributed by atoms with Crippen LogP contribution in [0.2, 0.25) is 0 Å². The summed E-state index contributed by atoms with van der Waals surface area (Å²) < 4.78 is 5.34. The van der Waals surface area contributed by atoms with Crippen LogP contribution in [0.4, 0.5) is 0 Å². The summed E-state index contributed by atoms with van der Waals surface area (Å²) in [6, 6.07) is 4.06. The van der Waals surface area contributed by atoms with Crippen LogP contribution in [0.25, 0.3) is 0 Å².